The summed E-state index contributed by atoms with van der Waals surface area (Å²) >= 11 is 0. The van der Waals surface area contributed by atoms with Crippen LogP contribution in [0.15, 0.2) is 42.0 Å². The zero-order chi connectivity index (χ0) is 14.3. The van der Waals surface area contributed by atoms with E-state index in [1.165, 1.54) is 21.9 Å². The fourth-order valence-corrected chi connectivity index (χ4v) is 2.65. The predicted octanol–water partition coefficient (Wildman–Crippen LogP) is 4.84. The molecule has 0 saturated heterocycles. The van der Waals surface area contributed by atoms with Crippen LogP contribution in [-0.4, -0.2) is 10.1 Å². The van der Waals surface area contributed by atoms with Gasteiger partial charge in [-0.3, -0.25) is 0 Å². The third kappa shape index (κ3) is 2.07. The molecule has 3 aromatic rings. The molecule has 2 N–H and O–H groups in total. The number of hydrogen-bond donors (Lipinski definition) is 2. The molecule has 0 spiro atoms. The van der Waals surface area contributed by atoms with Crippen LogP contribution in [0.25, 0.3) is 21.8 Å². The number of H-pyrrole nitrogens is 1. The third-order valence-corrected chi connectivity index (χ3v) is 3.73. The molecule has 102 valence electrons. The van der Waals surface area contributed by atoms with E-state index in [9.17, 15) is 5.11 Å². The fraction of sp³-hybridized carbons (Fsp3) is 0.222. The lowest BCUT2D eigenvalue weighted by Crippen LogP contribution is -1.86. The van der Waals surface area contributed by atoms with E-state index >= 15 is 0 Å². The van der Waals surface area contributed by atoms with Crippen molar-refractivity contribution in [3.05, 3.63) is 53.1 Å². The van der Waals surface area contributed by atoms with Crippen LogP contribution in [0, 0.1) is 6.92 Å². The first-order valence-corrected chi connectivity index (χ1v) is 6.92. The topological polar surface area (TPSA) is 36.0 Å². The molecule has 0 aliphatic heterocycles. The van der Waals surface area contributed by atoms with Crippen LogP contribution in [0.2, 0.25) is 0 Å². The van der Waals surface area contributed by atoms with E-state index in [2.05, 4.69) is 50.0 Å². The molecule has 2 heteroatoms. The summed E-state index contributed by atoms with van der Waals surface area (Å²) in [6, 6.07) is 10.2. The first-order chi connectivity index (χ1) is 9.56. The lowest BCUT2D eigenvalue weighted by molar-refractivity contribution is 0.471. The van der Waals surface area contributed by atoms with Crippen molar-refractivity contribution >= 4 is 21.8 Å². The summed E-state index contributed by atoms with van der Waals surface area (Å²) in [4.78, 5) is 3.46. The number of aromatic nitrogens is 1. The van der Waals surface area contributed by atoms with Gasteiger partial charge < -0.3 is 10.1 Å². The zero-order valence-electron chi connectivity index (χ0n) is 12.1. The number of hydrogen-bond acceptors (Lipinski definition) is 1. The molecule has 2 nitrogen and oxygen atoms in total. The van der Waals surface area contributed by atoms with Crippen LogP contribution in [0.5, 0.6) is 5.75 Å². The number of benzene rings is 2. The Kier molecular flexibility index (Phi) is 3.01. The summed E-state index contributed by atoms with van der Waals surface area (Å²) in [6.07, 6.45) is 2.89. The summed E-state index contributed by atoms with van der Waals surface area (Å²) in [6.45, 7) is 6.24. The largest absolute Gasteiger partial charge is 0.508 e. The number of allylic oxidation sites excluding steroid dienone is 2. The van der Waals surface area contributed by atoms with Gasteiger partial charge in [-0.05, 0) is 51.0 Å². The second-order valence-electron chi connectivity index (χ2n) is 5.65. The highest BCUT2D eigenvalue weighted by atomic mass is 16.3. The maximum Gasteiger partial charge on any atom is 0.121 e. The molecule has 0 radical (unpaired) electrons. The molecule has 0 bridgehead atoms. The van der Waals surface area contributed by atoms with Crippen molar-refractivity contribution in [2.24, 2.45) is 0 Å². The summed E-state index contributed by atoms with van der Waals surface area (Å²) in [5.41, 5.74) is 5.64. The van der Waals surface area contributed by atoms with E-state index in [1.54, 1.807) is 6.07 Å². The molecule has 0 aliphatic carbocycles. The SMILES string of the molecule is CC(C)=CCc1c(O)ccc2c1[nH]c1cc(C)ccc12. The molecule has 0 unspecified atom stereocenters. The average Bonchev–Trinajstić information content (AvgIpc) is 2.74. The first kappa shape index (κ1) is 12.8. The highest BCUT2D eigenvalue weighted by molar-refractivity contribution is 6.09. The van der Waals surface area contributed by atoms with Crippen molar-refractivity contribution in [3.8, 4) is 5.75 Å². The van der Waals surface area contributed by atoms with Crippen LogP contribution in [0.3, 0.4) is 0 Å². The Morgan fingerprint density at radius 1 is 1.15 bits per heavy atom. The molecular weight excluding hydrogens is 246 g/mol. The Morgan fingerprint density at radius 3 is 2.65 bits per heavy atom. The standard InChI is InChI=1S/C18H19NO/c1-11(2)4-6-15-17(20)9-8-14-13-7-5-12(3)10-16(13)19-18(14)15/h4-5,7-10,19-20H,6H2,1-3H3. The lowest BCUT2D eigenvalue weighted by atomic mass is 10.0. The Bertz CT molecular complexity index is 820. The molecule has 3 rings (SSSR count). The van der Waals surface area contributed by atoms with E-state index < -0.39 is 0 Å². The van der Waals surface area contributed by atoms with Crippen LogP contribution < -0.4 is 0 Å². The van der Waals surface area contributed by atoms with Gasteiger partial charge in [-0.25, -0.2) is 0 Å². The van der Waals surface area contributed by atoms with Crippen molar-refractivity contribution < 1.29 is 5.11 Å². The second kappa shape index (κ2) is 4.71. The van der Waals surface area contributed by atoms with Gasteiger partial charge >= 0.3 is 0 Å². The van der Waals surface area contributed by atoms with Crippen molar-refractivity contribution in [2.45, 2.75) is 27.2 Å². The van der Waals surface area contributed by atoms with Crippen LogP contribution in [0.4, 0.5) is 0 Å². The smallest absolute Gasteiger partial charge is 0.121 e. The van der Waals surface area contributed by atoms with Crippen LogP contribution in [-0.2, 0) is 6.42 Å². The Hall–Kier alpha value is -2.22. The number of aromatic amines is 1. The van der Waals surface area contributed by atoms with Crippen molar-refractivity contribution in [2.75, 3.05) is 0 Å². The number of aryl methyl sites for hydroxylation is 1. The van der Waals surface area contributed by atoms with Crippen molar-refractivity contribution in [1.29, 1.82) is 0 Å². The normalized spacial score (nSPS) is 11.2. The maximum atomic E-state index is 10.2. The molecule has 20 heavy (non-hydrogen) atoms. The first-order valence-electron chi connectivity index (χ1n) is 6.92. The maximum absolute atomic E-state index is 10.2. The summed E-state index contributed by atoms with van der Waals surface area (Å²) in [5.74, 6) is 0.360. The number of nitrogens with one attached hydrogen (secondary N) is 1. The molecule has 0 fully saturated rings. The summed E-state index contributed by atoms with van der Waals surface area (Å²) in [7, 11) is 0. The van der Waals surface area contributed by atoms with E-state index in [-0.39, 0.29) is 0 Å². The average molecular weight is 265 g/mol. The minimum atomic E-state index is 0.360. The molecule has 1 aromatic heterocycles. The number of aromatic hydroxyl groups is 1. The molecular formula is C18H19NO. The van der Waals surface area contributed by atoms with Gasteiger partial charge in [0, 0.05) is 21.9 Å². The molecule has 2 aromatic carbocycles. The predicted molar refractivity (Wildman–Crippen MR) is 85.3 cm³/mol. The second-order valence-corrected chi connectivity index (χ2v) is 5.65. The quantitative estimate of drug-likeness (QED) is 0.639. The number of phenolic OH excluding ortho intramolecular Hbond substituents is 1. The lowest BCUT2D eigenvalue weighted by Gasteiger charge is -2.04. The van der Waals surface area contributed by atoms with E-state index in [4.69, 9.17) is 0 Å². The van der Waals surface area contributed by atoms with Crippen LogP contribution in [0.1, 0.15) is 25.0 Å². The Labute approximate surface area is 118 Å². The van der Waals surface area contributed by atoms with Gasteiger partial charge in [0.15, 0.2) is 0 Å². The van der Waals surface area contributed by atoms with Gasteiger partial charge in [0.25, 0.3) is 0 Å². The minimum absolute atomic E-state index is 0.360. The number of phenols is 1. The molecule has 0 atom stereocenters. The summed E-state index contributed by atoms with van der Waals surface area (Å²) in [5, 5.41) is 12.5. The fourth-order valence-electron chi connectivity index (χ4n) is 2.65. The van der Waals surface area contributed by atoms with Gasteiger partial charge in [0.2, 0.25) is 0 Å². The minimum Gasteiger partial charge on any atom is -0.508 e. The number of fused-ring (bicyclic) bond motifs is 3. The van der Waals surface area contributed by atoms with Gasteiger partial charge in [0.1, 0.15) is 5.75 Å². The highest BCUT2D eigenvalue weighted by Crippen LogP contribution is 2.33. The third-order valence-electron chi connectivity index (χ3n) is 3.73. The highest BCUT2D eigenvalue weighted by Gasteiger charge is 2.11. The summed E-state index contributed by atoms with van der Waals surface area (Å²) < 4.78 is 0. The van der Waals surface area contributed by atoms with Gasteiger partial charge in [-0.1, -0.05) is 23.8 Å². The van der Waals surface area contributed by atoms with Gasteiger partial charge in [-0.2, -0.15) is 0 Å². The Balaban J connectivity index is 2.30. The van der Waals surface area contributed by atoms with E-state index in [1.807, 2.05) is 6.07 Å². The van der Waals surface area contributed by atoms with E-state index in [0.717, 1.165) is 23.0 Å². The molecule has 0 amide bonds. The zero-order valence-corrected chi connectivity index (χ0v) is 12.1. The monoisotopic (exact) mass is 265 g/mol. The molecule has 1 heterocycles. The molecule has 0 aliphatic rings. The van der Waals surface area contributed by atoms with Crippen molar-refractivity contribution in [3.63, 3.8) is 0 Å². The van der Waals surface area contributed by atoms with Crippen LogP contribution >= 0.6 is 0 Å². The number of rotatable bonds is 2. The Morgan fingerprint density at radius 2 is 1.90 bits per heavy atom. The van der Waals surface area contributed by atoms with Gasteiger partial charge in [-0.15, -0.1) is 0 Å². The van der Waals surface area contributed by atoms with E-state index in [0.29, 0.717) is 5.75 Å². The molecule has 0 saturated carbocycles. The van der Waals surface area contributed by atoms with Crippen molar-refractivity contribution in [1.82, 2.24) is 4.98 Å². The van der Waals surface area contributed by atoms with Gasteiger partial charge in [0.05, 0.1) is 5.52 Å².